The maximum Gasteiger partial charge on any atom is 0.311 e. The molecule has 4 heteroatoms. The van der Waals surface area contributed by atoms with Crippen molar-refractivity contribution in [1.82, 2.24) is 0 Å². The van der Waals surface area contributed by atoms with Gasteiger partial charge in [-0.1, -0.05) is 27.7 Å². The average Bonchev–Trinajstić information content (AvgIpc) is 2.37. The molecular formula is C22H38O4. The molecule has 0 aromatic carbocycles. The lowest BCUT2D eigenvalue weighted by atomic mass is 9.46. The van der Waals surface area contributed by atoms with Crippen molar-refractivity contribution in [2.24, 2.45) is 33.5 Å². The van der Waals surface area contributed by atoms with Crippen LogP contribution in [0, 0.1) is 33.5 Å². The number of carbonyl (C=O) groups is 2. The molecule has 3 aliphatic rings. The maximum absolute atomic E-state index is 12.7. The third-order valence-corrected chi connectivity index (χ3v) is 6.20. The summed E-state index contributed by atoms with van der Waals surface area (Å²) in [5, 5.41) is 0. The fraction of sp³-hybridized carbons (Fsp3) is 0.909. The van der Waals surface area contributed by atoms with Crippen LogP contribution in [0.25, 0.3) is 0 Å². The minimum absolute atomic E-state index is 0.0416. The predicted octanol–water partition coefficient (Wildman–Crippen LogP) is 4.99. The van der Waals surface area contributed by atoms with E-state index in [1.807, 2.05) is 41.5 Å². The van der Waals surface area contributed by atoms with Gasteiger partial charge in [-0.05, 0) is 65.7 Å². The number of carbonyl (C=O) groups excluding carboxylic acids is 2. The minimum Gasteiger partial charge on any atom is -0.458 e. The van der Waals surface area contributed by atoms with Crippen molar-refractivity contribution in [1.29, 1.82) is 0 Å². The van der Waals surface area contributed by atoms with Gasteiger partial charge in [-0.25, -0.2) is 0 Å². The van der Waals surface area contributed by atoms with Crippen LogP contribution >= 0.6 is 0 Å². The number of hydrogen-bond acceptors (Lipinski definition) is 4. The first-order valence-electron chi connectivity index (χ1n) is 9.91. The largest absolute Gasteiger partial charge is 0.458 e. The van der Waals surface area contributed by atoms with Crippen molar-refractivity contribution in [3.05, 3.63) is 0 Å². The third-order valence-electron chi connectivity index (χ3n) is 6.20. The predicted molar refractivity (Wildman–Crippen MR) is 102 cm³/mol. The number of hydrogen-bond donors (Lipinski definition) is 0. The number of ether oxygens (including phenoxy) is 2. The standard InChI is InChI=1S/C22H38O4/c1-13-11-22(10)12-21(8,9)14(13)15(25-17(23)19(2,3)4)16(22)26-18(24)20(5,6)7/h13-16H,11-12H2,1-10H3. The zero-order valence-electron chi connectivity index (χ0n) is 18.4. The highest BCUT2D eigenvalue weighted by Gasteiger charge is 2.64. The molecule has 0 spiro atoms. The van der Waals surface area contributed by atoms with Gasteiger partial charge in [0.15, 0.2) is 0 Å². The Balaban J connectivity index is 2.42. The fourth-order valence-corrected chi connectivity index (χ4v) is 5.37. The van der Waals surface area contributed by atoms with Crippen molar-refractivity contribution in [3.8, 4) is 0 Å². The Kier molecular flexibility index (Phi) is 5.10. The van der Waals surface area contributed by atoms with E-state index in [0.29, 0.717) is 5.92 Å². The molecule has 0 heterocycles. The van der Waals surface area contributed by atoms with E-state index in [9.17, 15) is 9.59 Å². The summed E-state index contributed by atoms with van der Waals surface area (Å²) in [6.45, 7) is 20.1. The van der Waals surface area contributed by atoms with Crippen LogP contribution in [-0.2, 0) is 19.1 Å². The van der Waals surface area contributed by atoms with Gasteiger partial charge in [0, 0.05) is 11.3 Å². The molecule has 0 radical (unpaired) electrons. The summed E-state index contributed by atoms with van der Waals surface area (Å²) in [6.07, 6.45) is 1.20. The first kappa shape index (κ1) is 21.2. The van der Waals surface area contributed by atoms with Crippen molar-refractivity contribution >= 4 is 11.9 Å². The Bertz CT molecular complexity index is 578. The molecule has 4 nitrogen and oxygen atoms in total. The van der Waals surface area contributed by atoms with Crippen LogP contribution in [0.5, 0.6) is 0 Å². The van der Waals surface area contributed by atoms with Crippen LogP contribution in [0.15, 0.2) is 0 Å². The molecule has 0 aliphatic heterocycles. The van der Waals surface area contributed by atoms with Gasteiger partial charge >= 0.3 is 11.9 Å². The molecule has 0 aromatic rings. The molecule has 5 atom stereocenters. The minimum atomic E-state index is -0.580. The van der Waals surface area contributed by atoms with E-state index in [1.165, 1.54) is 0 Å². The number of esters is 2. The summed E-state index contributed by atoms with van der Waals surface area (Å²) in [5.74, 6) is 0.163. The molecule has 2 bridgehead atoms. The van der Waals surface area contributed by atoms with Crippen LogP contribution in [0.4, 0.5) is 0 Å². The Morgan fingerprint density at radius 1 is 0.885 bits per heavy atom. The molecule has 0 saturated heterocycles. The highest BCUT2D eigenvalue weighted by atomic mass is 16.6. The summed E-state index contributed by atoms with van der Waals surface area (Å²) >= 11 is 0. The first-order chi connectivity index (χ1) is 11.5. The SMILES string of the molecule is CC1CC2(C)CC(C)(C)C1C(OC(=O)C(C)(C)C)C2OC(=O)C(C)(C)C. The lowest BCUT2D eigenvalue weighted by Gasteiger charge is -2.62. The highest BCUT2D eigenvalue weighted by molar-refractivity contribution is 5.76. The second-order valence-electron chi connectivity index (χ2n) is 11.7. The molecule has 0 amide bonds. The van der Waals surface area contributed by atoms with Crippen molar-refractivity contribution in [2.75, 3.05) is 0 Å². The summed E-state index contributed by atoms with van der Waals surface area (Å²) < 4.78 is 12.1. The zero-order chi connectivity index (χ0) is 20.3. The number of rotatable bonds is 2. The van der Waals surface area contributed by atoms with Gasteiger partial charge < -0.3 is 9.47 Å². The topological polar surface area (TPSA) is 52.6 Å². The van der Waals surface area contributed by atoms with Gasteiger partial charge in [0.2, 0.25) is 0 Å². The van der Waals surface area contributed by atoms with Gasteiger partial charge in [-0.3, -0.25) is 9.59 Å². The van der Waals surface area contributed by atoms with Crippen molar-refractivity contribution < 1.29 is 19.1 Å². The van der Waals surface area contributed by atoms with E-state index in [0.717, 1.165) is 12.8 Å². The summed E-state index contributed by atoms with van der Waals surface area (Å²) in [7, 11) is 0. The van der Waals surface area contributed by atoms with Gasteiger partial charge in [0.1, 0.15) is 12.2 Å². The van der Waals surface area contributed by atoms with Crippen LogP contribution in [-0.4, -0.2) is 24.1 Å². The van der Waals surface area contributed by atoms with Crippen molar-refractivity contribution in [3.63, 3.8) is 0 Å². The molecule has 3 saturated carbocycles. The highest BCUT2D eigenvalue weighted by Crippen LogP contribution is 2.62. The molecule has 0 aromatic heterocycles. The molecule has 5 unspecified atom stereocenters. The maximum atomic E-state index is 12.7. The van der Waals surface area contributed by atoms with Crippen molar-refractivity contribution in [2.45, 2.75) is 94.3 Å². The Hall–Kier alpha value is -1.06. The average molecular weight is 367 g/mol. The second-order valence-corrected chi connectivity index (χ2v) is 11.7. The quantitative estimate of drug-likeness (QED) is 0.646. The summed E-state index contributed by atoms with van der Waals surface area (Å²) in [6, 6.07) is 0. The van der Waals surface area contributed by atoms with E-state index in [4.69, 9.17) is 9.47 Å². The zero-order valence-corrected chi connectivity index (χ0v) is 18.4. The molecule has 26 heavy (non-hydrogen) atoms. The smallest absolute Gasteiger partial charge is 0.311 e. The molecule has 150 valence electrons. The van der Waals surface area contributed by atoms with Crippen LogP contribution in [0.1, 0.15) is 82.1 Å². The molecule has 0 N–H and O–H groups in total. The van der Waals surface area contributed by atoms with Crippen LogP contribution in [0.2, 0.25) is 0 Å². The molecule has 3 aliphatic carbocycles. The Labute approximate surface area is 159 Å². The van der Waals surface area contributed by atoms with E-state index in [-0.39, 0.29) is 40.9 Å². The molecule has 3 fully saturated rings. The Morgan fingerprint density at radius 3 is 1.77 bits per heavy atom. The van der Waals surface area contributed by atoms with E-state index >= 15 is 0 Å². The van der Waals surface area contributed by atoms with E-state index in [1.54, 1.807) is 0 Å². The second kappa shape index (κ2) is 6.24. The lowest BCUT2D eigenvalue weighted by molar-refractivity contribution is -0.248. The summed E-state index contributed by atoms with van der Waals surface area (Å²) in [5.41, 5.74) is -1.29. The summed E-state index contributed by atoms with van der Waals surface area (Å²) in [4.78, 5) is 25.4. The Morgan fingerprint density at radius 2 is 1.35 bits per heavy atom. The van der Waals surface area contributed by atoms with Gasteiger partial charge in [0.25, 0.3) is 0 Å². The monoisotopic (exact) mass is 366 g/mol. The normalized spacial score (nSPS) is 36.5. The van der Waals surface area contributed by atoms with Crippen LogP contribution < -0.4 is 0 Å². The van der Waals surface area contributed by atoms with Gasteiger partial charge in [0.05, 0.1) is 10.8 Å². The van der Waals surface area contributed by atoms with Gasteiger partial charge in [-0.2, -0.15) is 0 Å². The van der Waals surface area contributed by atoms with Crippen LogP contribution in [0.3, 0.4) is 0 Å². The number of fused-ring (bicyclic) bond motifs is 3. The first-order valence-corrected chi connectivity index (χ1v) is 9.91. The van der Waals surface area contributed by atoms with E-state index < -0.39 is 10.8 Å². The molecule has 3 rings (SSSR count). The van der Waals surface area contributed by atoms with Gasteiger partial charge in [-0.15, -0.1) is 0 Å². The third kappa shape index (κ3) is 3.80. The fourth-order valence-electron chi connectivity index (χ4n) is 5.37. The lowest BCUT2D eigenvalue weighted by Crippen LogP contribution is -2.66. The molecular weight excluding hydrogens is 328 g/mol. The van der Waals surface area contributed by atoms with E-state index in [2.05, 4.69) is 27.7 Å².